The van der Waals surface area contributed by atoms with Gasteiger partial charge in [0.1, 0.15) is 25.9 Å². The molecule has 0 spiro atoms. The van der Waals surface area contributed by atoms with Crippen LogP contribution in [0.1, 0.15) is 116 Å². The van der Waals surface area contributed by atoms with Gasteiger partial charge in [-0.05, 0) is 128 Å². The van der Waals surface area contributed by atoms with Gasteiger partial charge in [-0.15, -0.1) is 0 Å². The molecule has 3 aliphatic carbocycles. The number of aromatic nitrogens is 4. The first-order valence-electron chi connectivity index (χ1n) is 28.8. The van der Waals surface area contributed by atoms with Crippen molar-refractivity contribution >= 4 is 61.2 Å². The van der Waals surface area contributed by atoms with Crippen LogP contribution < -0.4 is 20.3 Å². The third-order valence-electron chi connectivity index (χ3n) is 19.0. The summed E-state index contributed by atoms with van der Waals surface area (Å²) in [5.41, 5.74) is 17.8. The van der Waals surface area contributed by atoms with Gasteiger partial charge in [-0.25, -0.2) is 15.0 Å². The van der Waals surface area contributed by atoms with Gasteiger partial charge in [0, 0.05) is 47.6 Å². The first-order valence-corrected chi connectivity index (χ1v) is 31.1. The summed E-state index contributed by atoms with van der Waals surface area (Å²) in [7, 11) is -2.95. The summed E-state index contributed by atoms with van der Waals surface area (Å²) < 4.78 is 30.6. The van der Waals surface area contributed by atoms with E-state index in [9.17, 15) is 2.74 Å². The van der Waals surface area contributed by atoms with Crippen molar-refractivity contribution in [1.29, 1.82) is 0 Å². The highest BCUT2D eigenvalue weighted by atomic mass is 32.1. The van der Waals surface area contributed by atoms with Gasteiger partial charge in [0.2, 0.25) is 0 Å². The molecule has 2 saturated carbocycles. The van der Waals surface area contributed by atoms with Gasteiger partial charge in [-0.1, -0.05) is 205 Å². The maximum absolute atomic E-state index is 10.1. The lowest BCUT2D eigenvalue weighted by molar-refractivity contribution is 0.306. The van der Waals surface area contributed by atoms with Crippen LogP contribution in [-0.2, 0) is 10.8 Å². The average molecular weight is 1040 g/mol. The number of hydrogen-bond acceptors (Lipinski definition) is 5. The average Bonchev–Trinajstić information content (AvgIpc) is 4.38. The van der Waals surface area contributed by atoms with Crippen molar-refractivity contribution in [3.8, 4) is 67.3 Å². The third-order valence-corrected chi connectivity index (χ3v) is 24.4. The second-order valence-electron chi connectivity index (χ2n) is 23.4. The number of nitrogens with zero attached hydrogens (tertiary/aromatic N) is 4. The Hall–Kier alpha value is -7.45. The molecule has 4 aliphatic rings. The Morgan fingerprint density at radius 3 is 2.03 bits per heavy atom. The maximum atomic E-state index is 10.1. The van der Waals surface area contributed by atoms with Gasteiger partial charge in [0.25, 0.3) is 0 Å². The Labute approximate surface area is 459 Å². The number of benzene rings is 8. The summed E-state index contributed by atoms with van der Waals surface area (Å²) in [6.45, 7) is 12.1. The van der Waals surface area contributed by atoms with Crippen LogP contribution in [0.4, 0.5) is 0 Å². The van der Waals surface area contributed by atoms with E-state index >= 15 is 0 Å². The molecule has 0 radical (unpaired) electrons. The Morgan fingerprint density at radius 2 is 1.27 bits per heavy atom. The Morgan fingerprint density at radius 1 is 0.597 bits per heavy atom. The predicted octanol–water partition coefficient (Wildman–Crippen LogP) is 16.9. The van der Waals surface area contributed by atoms with Crippen LogP contribution in [0.25, 0.3) is 82.0 Å². The monoisotopic (exact) mass is 1040 g/mol. The van der Waals surface area contributed by atoms with E-state index in [1.165, 1.54) is 42.5 Å². The molecule has 7 heteroatoms. The van der Waals surface area contributed by atoms with Crippen molar-refractivity contribution in [3.05, 3.63) is 199 Å². The zero-order valence-corrected chi connectivity index (χ0v) is 46.3. The van der Waals surface area contributed by atoms with Gasteiger partial charge < -0.3 is 4.74 Å². The van der Waals surface area contributed by atoms with Crippen molar-refractivity contribution < 1.29 is 7.48 Å². The topological polar surface area (TPSA) is 52.3 Å². The third kappa shape index (κ3) is 6.98. The first-order chi connectivity index (χ1) is 38.3. The lowest BCUT2D eigenvalue weighted by Crippen LogP contribution is -2.65. The van der Waals surface area contributed by atoms with Crippen LogP contribution in [0.15, 0.2) is 176 Å². The minimum absolute atomic E-state index is 0.405. The van der Waals surface area contributed by atoms with E-state index in [1.807, 2.05) is 6.20 Å². The standard InChI is InChI=1S/C70H62N4OSSi/c1-69(2)57-28-17-29-63(77(5,47-22-7-6-8-23-47)48-32-33-54-55(40-48)52-26-15-13-24-50(52)51-25-14-16-27-53(51)56-41-71-42-72-65(54)56)67(57)75-61-37-31-46(38-58(61)70(69,3)4)64-49(44-20-11-12-21-44)34-36-60-66(64)73-68-74(60)59-35-30-45(39-62(59)76-68)43-18-9-10-19-43/h6-8,13-17,22-44H,9-12,18-21H2,1-5H3/i43D,44D. The number of ether oxygens (including phenoxy) is 1. The fourth-order valence-corrected chi connectivity index (χ4v) is 18.8. The zero-order chi connectivity index (χ0) is 53.6. The quantitative estimate of drug-likeness (QED) is 0.123. The SMILES string of the molecule is [2H]C1(c2ccc3c(c2)sc2nc4c(-c5ccc6c(c5)C(C)(C)C(C)(C)c5cccc([Si](C)(c7ccccc7)c7ccc8c(c7)-c7ccccc7-c7ccccc7-c7cncnc7-8)c5O6)c(C5([2H])CCCC5)ccc4n23)CCCC1. The molecule has 8 aromatic carbocycles. The van der Waals surface area contributed by atoms with E-state index in [-0.39, 0.29) is 0 Å². The van der Waals surface area contributed by atoms with E-state index in [0.29, 0.717) is 0 Å². The Balaban J connectivity index is 0.910. The molecule has 1 unspecified atom stereocenters. The van der Waals surface area contributed by atoms with Crippen LogP contribution in [0.3, 0.4) is 0 Å². The summed E-state index contributed by atoms with van der Waals surface area (Å²) in [5, 5.41) is 3.81. The van der Waals surface area contributed by atoms with Crippen molar-refractivity contribution in [2.24, 2.45) is 0 Å². The normalized spacial score (nSPS) is 18.5. The van der Waals surface area contributed by atoms with Crippen molar-refractivity contribution in [2.75, 3.05) is 0 Å². The lowest BCUT2D eigenvalue weighted by Gasteiger charge is -2.42. The summed E-state index contributed by atoms with van der Waals surface area (Å²) in [4.78, 5) is 16.1. The van der Waals surface area contributed by atoms with Crippen LogP contribution in [-0.4, -0.2) is 27.4 Å². The highest BCUT2D eigenvalue weighted by Crippen LogP contribution is 2.55. The maximum Gasteiger partial charge on any atom is 0.195 e. The van der Waals surface area contributed by atoms with Crippen LogP contribution in [0.2, 0.25) is 6.55 Å². The van der Waals surface area contributed by atoms with Gasteiger partial charge >= 0.3 is 0 Å². The number of rotatable bonds is 6. The predicted molar refractivity (Wildman–Crippen MR) is 323 cm³/mol. The van der Waals surface area contributed by atoms with Crippen molar-refractivity contribution in [1.82, 2.24) is 19.4 Å². The highest BCUT2D eigenvalue weighted by molar-refractivity contribution is 7.23. The van der Waals surface area contributed by atoms with Crippen LogP contribution in [0.5, 0.6) is 11.5 Å². The molecule has 1 aliphatic heterocycles. The molecule has 5 nitrogen and oxygen atoms in total. The van der Waals surface area contributed by atoms with E-state index in [2.05, 4.69) is 207 Å². The van der Waals surface area contributed by atoms with Gasteiger partial charge in [-0.2, -0.15) is 0 Å². The summed E-state index contributed by atoms with van der Waals surface area (Å²) in [6.07, 6.45) is 11.5. The highest BCUT2D eigenvalue weighted by Gasteiger charge is 2.48. The fraction of sp³-hybridized carbons (Fsp3) is 0.243. The molecule has 2 fully saturated rings. The van der Waals surface area contributed by atoms with E-state index in [4.69, 9.17) is 14.7 Å². The molecule has 3 aromatic heterocycles. The number of fused-ring (bicyclic) bond motifs is 15. The van der Waals surface area contributed by atoms with Gasteiger partial charge in [0.05, 0.1) is 26.9 Å². The first kappa shape index (κ1) is 44.7. The molecule has 0 saturated heterocycles. The number of para-hydroxylation sites is 1. The van der Waals surface area contributed by atoms with Gasteiger partial charge in [0.15, 0.2) is 4.96 Å². The lowest BCUT2D eigenvalue weighted by atomic mass is 9.61. The number of thiazole rings is 1. The molecule has 378 valence electrons. The Kier molecular flexibility index (Phi) is 10.2. The second-order valence-corrected chi connectivity index (χ2v) is 28.3. The molecule has 15 rings (SSSR count). The van der Waals surface area contributed by atoms with Crippen LogP contribution in [0, 0.1) is 0 Å². The largest absolute Gasteiger partial charge is 0.457 e. The molecule has 77 heavy (non-hydrogen) atoms. The van der Waals surface area contributed by atoms with Crippen molar-refractivity contribution in [3.63, 3.8) is 0 Å². The molecule has 0 bridgehead atoms. The molecule has 1 atom stereocenters. The second kappa shape index (κ2) is 17.5. The fourth-order valence-electron chi connectivity index (χ4n) is 14.0. The summed E-state index contributed by atoms with van der Waals surface area (Å²) in [5.74, 6) is 0.578. The summed E-state index contributed by atoms with van der Waals surface area (Å²) in [6, 6.07) is 60.8. The minimum atomic E-state index is -2.95. The van der Waals surface area contributed by atoms with Gasteiger partial charge in [-0.3, -0.25) is 4.40 Å². The number of hydrogen-bond donors (Lipinski definition) is 0. The summed E-state index contributed by atoms with van der Waals surface area (Å²) >= 11 is 1.72. The van der Waals surface area contributed by atoms with Crippen LogP contribution >= 0.6 is 11.3 Å². The smallest absolute Gasteiger partial charge is 0.195 e. The van der Waals surface area contributed by atoms with E-state index < -0.39 is 30.7 Å². The molecular weight excluding hydrogens is 973 g/mol. The molecule has 11 aromatic rings. The Bertz CT molecular complexity index is 4310. The van der Waals surface area contributed by atoms with E-state index in [0.717, 1.165) is 140 Å². The molecule has 0 N–H and O–H groups in total. The zero-order valence-electron chi connectivity index (χ0n) is 46.5. The molecular formula is C70H62N4OSSi. The van der Waals surface area contributed by atoms with Crippen molar-refractivity contribution in [2.45, 2.75) is 108 Å². The minimum Gasteiger partial charge on any atom is -0.457 e. The molecule has 4 heterocycles. The number of imidazole rings is 1. The molecule has 0 amide bonds. The van der Waals surface area contributed by atoms with E-state index in [1.54, 1.807) is 17.7 Å².